The summed E-state index contributed by atoms with van der Waals surface area (Å²) in [5, 5.41) is 2.29. The number of imidazole rings is 1. The molecule has 0 spiro atoms. The number of hydrogen-bond acceptors (Lipinski definition) is 4. The molecular weight excluding hydrogens is 402 g/mol. The zero-order valence-electron chi connectivity index (χ0n) is 18.5. The van der Waals surface area contributed by atoms with Crippen molar-refractivity contribution >= 4 is 27.7 Å². The Morgan fingerprint density at radius 2 is 1.81 bits per heavy atom. The Kier molecular flexibility index (Phi) is 5.53. The van der Waals surface area contributed by atoms with Gasteiger partial charge in [0.1, 0.15) is 18.1 Å². The minimum absolute atomic E-state index is 0.0337. The average Bonchev–Trinajstić information content (AvgIpc) is 3.21. The van der Waals surface area contributed by atoms with Crippen LogP contribution >= 0.6 is 0 Å². The van der Waals surface area contributed by atoms with Crippen molar-refractivity contribution in [3.05, 3.63) is 72.1 Å². The summed E-state index contributed by atoms with van der Waals surface area (Å²) in [4.78, 5) is 19.9. The van der Waals surface area contributed by atoms with Crippen LogP contribution in [-0.2, 0) is 16.1 Å². The number of aromatic nitrogens is 2. The van der Waals surface area contributed by atoms with Gasteiger partial charge in [-0.1, -0.05) is 43.3 Å². The van der Waals surface area contributed by atoms with Crippen LogP contribution in [0.1, 0.15) is 24.2 Å². The lowest BCUT2D eigenvalue weighted by Crippen LogP contribution is -2.42. The zero-order chi connectivity index (χ0) is 22.1. The first kappa shape index (κ1) is 20.5. The Labute approximate surface area is 187 Å². The van der Waals surface area contributed by atoms with E-state index in [1.807, 2.05) is 41.3 Å². The molecule has 4 aromatic rings. The topological polar surface area (TPSA) is 56.6 Å². The molecule has 0 aliphatic carbocycles. The molecule has 0 bridgehead atoms. The van der Waals surface area contributed by atoms with Crippen LogP contribution in [0.15, 0.2) is 60.7 Å². The van der Waals surface area contributed by atoms with Crippen LogP contribution in [0, 0.1) is 0 Å². The van der Waals surface area contributed by atoms with Gasteiger partial charge in [-0.15, -0.1) is 0 Å². The number of amides is 1. The number of benzene rings is 3. The number of morpholine rings is 1. The predicted octanol–water partition coefficient (Wildman–Crippen LogP) is 4.21. The summed E-state index contributed by atoms with van der Waals surface area (Å²) in [6, 6.07) is 20.6. The van der Waals surface area contributed by atoms with E-state index in [4.69, 9.17) is 14.5 Å². The van der Waals surface area contributed by atoms with Gasteiger partial charge in [0.25, 0.3) is 0 Å². The van der Waals surface area contributed by atoms with Gasteiger partial charge in [-0.05, 0) is 40.6 Å². The summed E-state index contributed by atoms with van der Waals surface area (Å²) in [5.41, 5.74) is 3.06. The van der Waals surface area contributed by atoms with E-state index in [0.29, 0.717) is 26.3 Å². The number of ether oxygens (including phenoxy) is 2. The van der Waals surface area contributed by atoms with Gasteiger partial charge in [-0.3, -0.25) is 4.79 Å². The number of hydrogen-bond donors (Lipinski definition) is 0. The Hall–Kier alpha value is -3.38. The molecule has 0 saturated carbocycles. The molecule has 1 aliphatic heterocycles. The first-order valence-electron chi connectivity index (χ1n) is 11.0. The fourth-order valence-corrected chi connectivity index (χ4v) is 4.43. The van der Waals surface area contributed by atoms with Gasteiger partial charge in [0.2, 0.25) is 5.91 Å². The molecule has 1 aliphatic rings. The molecule has 1 aromatic heterocycles. The smallest absolute Gasteiger partial charge is 0.242 e. The largest absolute Gasteiger partial charge is 0.497 e. The van der Waals surface area contributed by atoms with Gasteiger partial charge in [-0.2, -0.15) is 0 Å². The summed E-state index contributed by atoms with van der Waals surface area (Å²) in [6.45, 7) is 4.92. The van der Waals surface area contributed by atoms with Crippen molar-refractivity contribution in [1.82, 2.24) is 14.5 Å². The van der Waals surface area contributed by atoms with Crippen LogP contribution in [0.5, 0.6) is 5.75 Å². The minimum Gasteiger partial charge on any atom is -0.497 e. The van der Waals surface area contributed by atoms with Crippen molar-refractivity contribution in [1.29, 1.82) is 0 Å². The zero-order valence-corrected chi connectivity index (χ0v) is 18.5. The molecule has 6 nitrogen and oxygen atoms in total. The summed E-state index contributed by atoms with van der Waals surface area (Å²) in [5.74, 6) is 1.89. The third-order valence-corrected chi connectivity index (χ3v) is 6.30. The lowest BCUT2D eigenvalue weighted by atomic mass is 9.97. The van der Waals surface area contributed by atoms with Crippen molar-refractivity contribution in [3.8, 4) is 5.75 Å². The van der Waals surface area contributed by atoms with E-state index >= 15 is 0 Å². The fourth-order valence-electron chi connectivity index (χ4n) is 4.43. The maximum Gasteiger partial charge on any atom is 0.242 e. The van der Waals surface area contributed by atoms with Crippen LogP contribution in [0.3, 0.4) is 0 Å². The number of para-hydroxylation sites is 2. The fraction of sp³-hybridized carbons (Fsp3) is 0.308. The molecule has 1 saturated heterocycles. The number of rotatable bonds is 5. The third kappa shape index (κ3) is 3.82. The molecular formula is C26H27N3O3. The average molecular weight is 430 g/mol. The molecule has 1 amide bonds. The molecule has 3 aromatic carbocycles. The second-order valence-corrected chi connectivity index (χ2v) is 8.23. The quantitative estimate of drug-likeness (QED) is 0.477. The van der Waals surface area contributed by atoms with Gasteiger partial charge < -0.3 is 18.9 Å². The van der Waals surface area contributed by atoms with E-state index in [9.17, 15) is 4.79 Å². The number of carbonyl (C=O) groups is 1. The van der Waals surface area contributed by atoms with Gasteiger partial charge in [0.15, 0.2) is 0 Å². The maximum absolute atomic E-state index is 13.1. The van der Waals surface area contributed by atoms with E-state index in [0.717, 1.165) is 38.9 Å². The van der Waals surface area contributed by atoms with Crippen LogP contribution in [0.2, 0.25) is 0 Å². The number of fused-ring (bicyclic) bond motifs is 2. The Morgan fingerprint density at radius 1 is 1.06 bits per heavy atom. The van der Waals surface area contributed by atoms with Crippen molar-refractivity contribution in [2.45, 2.75) is 19.4 Å². The highest BCUT2D eigenvalue weighted by Crippen LogP contribution is 2.30. The van der Waals surface area contributed by atoms with Crippen molar-refractivity contribution in [2.75, 3.05) is 33.4 Å². The molecule has 6 heteroatoms. The predicted molar refractivity (Wildman–Crippen MR) is 125 cm³/mol. The molecule has 0 radical (unpaired) electrons. The summed E-state index contributed by atoms with van der Waals surface area (Å²) < 4.78 is 12.8. The van der Waals surface area contributed by atoms with Gasteiger partial charge >= 0.3 is 0 Å². The standard InChI is InChI=1S/C26H27N3O3/c1-18(19-7-8-21-16-22(31-2)10-9-20(21)15-19)26-27-23-5-3-4-6-24(23)29(26)17-25(30)28-11-13-32-14-12-28/h3-10,15-16,18H,11-14,17H2,1-2H3. The number of carbonyl (C=O) groups excluding carboxylic acids is 1. The van der Waals surface area contributed by atoms with E-state index in [-0.39, 0.29) is 18.4 Å². The first-order chi connectivity index (χ1) is 15.6. The van der Waals surface area contributed by atoms with Crippen LogP contribution in [0.25, 0.3) is 21.8 Å². The lowest BCUT2D eigenvalue weighted by molar-refractivity contribution is -0.135. The summed E-state index contributed by atoms with van der Waals surface area (Å²) >= 11 is 0. The highest BCUT2D eigenvalue weighted by molar-refractivity contribution is 5.85. The molecule has 1 atom stereocenters. The first-order valence-corrected chi connectivity index (χ1v) is 11.0. The van der Waals surface area contributed by atoms with E-state index in [1.54, 1.807) is 7.11 Å². The highest BCUT2D eigenvalue weighted by Gasteiger charge is 2.23. The Bertz CT molecular complexity index is 1270. The molecule has 5 rings (SSSR count). The van der Waals surface area contributed by atoms with E-state index < -0.39 is 0 Å². The van der Waals surface area contributed by atoms with Gasteiger partial charge in [-0.25, -0.2) is 4.98 Å². The SMILES string of the molecule is COc1ccc2cc(C(C)c3nc4ccccc4n3CC(=O)N3CCOCC3)ccc2c1. The summed E-state index contributed by atoms with van der Waals surface area (Å²) in [7, 11) is 1.68. The minimum atomic E-state index is 0.0337. The van der Waals surface area contributed by atoms with Crippen molar-refractivity contribution in [3.63, 3.8) is 0 Å². The van der Waals surface area contributed by atoms with Crippen LogP contribution in [0.4, 0.5) is 0 Å². The van der Waals surface area contributed by atoms with Crippen molar-refractivity contribution in [2.24, 2.45) is 0 Å². The Balaban J connectivity index is 1.52. The monoisotopic (exact) mass is 429 g/mol. The van der Waals surface area contributed by atoms with E-state index in [1.165, 1.54) is 0 Å². The molecule has 1 fully saturated rings. The molecule has 1 unspecified atom stereocenters. The highest BCUT2D eigenvalue weighted by atomic mass is 16.5. The normalized spacial score (nSPS) is 15.2. The molecule has 164 valence electrons. The summed E-state index contributed by atoms with van der Waals surface area (Å²) in [6.07, 6.45) is 0. The molecule has 0 N–H and O–H groups in total. The van der Waals surface area contributed by atoms with E-state index in [2.05, 4.69) is 35.8 Å². The lowest BCUT2D eigenvalue weighted by Gasteiger charge is -2.27. The van der Waals surface area contributed by atoms with Crippen LogP contribution < -0.4 is 4.74 Å². The maximum atomic E-state index is 13.1. The third-order valence-electron chi connectivity index (χ3n) is 6.30. The Morgan fingerprint density at radius 3 is 2.62 bits per heavy atom. The molecule has 2 heterocycles. The second kappa shape index (κ2) is 8.63. The van der Waals surface area contributed by atoms with Crippen molar-refractivity contribution < 1.29 is 14.3 Å². The van der Waals surface area contributed by atoms with Gasteiger partial charge in [0, 0.05) is 19.0 Å². The number of methoxy groups -OCH3 is 1. The molecule has 32 heavy (non-hydrogen) atoms. The van der Waals surface area contributed by atoms with Crippen LogP contribution in [-0.4, -0.2) is 53.8 Å². The van der Waals surface area contributed by atoms with Gasteiger partial charge in [0.05, 0.1) is 31.4 Å². The number of nitrogens with zero attached hydrogens (tertiary/aromatic N) is 3. The second-order valence-electron chi connectivity index (χ2n) is 8.23.